The highest BCUT2D eigenvalue weighted by atomic mass is 19.1. The molecule has 19 heavy (non-hydrogen) atoms. The summed E-state index contributed by atoms with van der Waals surface area (Å²) in [4.78, 5) is 14.1. The molecule has 1 rings (SSSR count). The molecule has 0 bridgehead atoms. The van der Waals surface area contributed by atoms with Crippen LogP contribution in [0.15, 0.2) is 24.3 Å². The number of hydrogen-bond acceptors (Lipinski definition) is 2. The highest BCUT2D eigenvalue weighted by Gasteiger charge is 2.07. The first kappa shape index (κ1) is 15.8. The van der Waals surface area contributed by atoms with Crippen LogP contribution in [0.25, 0.3) is 0 Å². The fourth-order valence-electron chi connectivity index (χ4n) is 1.88. The van der Waals surface area contributed by atoms with Gasteiger partial charge in [-0.15, -0.1) is 0 Å². The minimum Gasteiger partial charge on any atom is -0.306 e. The van der Waals surface area contributed by atoms with Crippen molar-refractivity contribution in [2.24, 2.45) is 5.92 Å². The molecule has 0 saturated carbocycles. The molecule has 0 amide bonds. The van der Waals surface area contributed by atoms with Gasteiger partial charge in [-0.2, -0.15) is 0 Å². The van der Waals surface area contributed by atoms with Crippen molar-refractivity contribution < 1.29 is 9.18 Å². The predicted molar refractivity (Wildman–Crippen MR) is 76.9 cm³/mol. The second kappa shape index (κ2) is 8.05. The number of benzene rings is 1. The van der Waals surface area contributed by atoms with Crippen LogP contribution < -0.4 is 0 Å². The van der Waals surface area contributed by atoms with E-state index < -0.39 is 0 Å². The summed E-state index contributed by atoms with van der Waals surface area (Å²) in [5.41, 5.74) is 0.603. The minimum absolute atomic E-state index is 0.0947. The molecule has 2 nitrogen and oxygen atoms in total. The maximum absolute atomic E-state index is 12.7. The predicted octanol–water partition coefficient (Wildman–Crippen LogP) is 3.77. The molecular formula is C16H24FNO. The van der Waals surface area contributed by atoms with Gasteiger partial charge < -0.3 is 4.90 Å². The standard InChI is InChI=1S/C16H24FNO/c1-13(2)10-12-18(3)11-4-5-16(19)14-6-8-15(17)9-7-14/h6-9,13H,4-5,10-12H2,1-3H3. The molecular weight excluding hydrogens is 241 g/mol. The van der Waals surface area contributed by atoms with E-state index in [4.69, 9.17) is 0 Å². The van der Waals surface area contributed by atoms with Crippen LogP contribution in [0.1, 0.15) is 43.5 Å². The van der Waals surface area contributed by atoms with E-state index in [1.807, 2.05) is 0 Å². The normalized spacial score (nSPS) is 11.3. The first-order valence-corrected chi connectivity index (χ1v) is 6.96. The lowest BCUT2D eigenvalue weighted by Gasteiger charge is -2.17. The number of nitrogens with zero attached hydrogens (tertiary/aromatic N) is 1. The van der Waals surface area contributed by atoms with Crippen molar-refractivity contribution >= 4 is 5.78 Å². The monoisotopic (exact) mass is 265 g/mol. The van der Waals surface area contributed by atoms with Gasteiger partial charge in [0.05, 0.1) is 0 Å². The topological polar surface area (TPSA) is 20.3 Å². The summed E-state index contributed by atoms with van der Waals surface area (Å²) in [6.07, 6.45) is 2.56. The van der Waals surface area contributed by atoms with E-state index in [0.717, 1.165) is 19.5 Å². The molecule has 0 heterocycles. The molecule has 0 radical (unpaired) electrons. The lowest BCUT2D eigenvalue weighted by Crippen LogP contribution is -2.22. The van der Waals surface area contributed by atoms with Gasteiger partial charge in [0.25, 0.3) is 0 Å². The van der Waals surface area contributed by atoms with Crippen molar-refractivity contribution in [1.29, 1.82) is 0 Å². The average Bonchev–Trinajstić information content (AvgIpc) is 2.37. The second-order valence-electron chi connectivity index (χ2n) is 5.52. The van der Waals surface area contributed by atoms with Crippen LogP contribution in [0.5, 0.6) is 0 Å². The van der Waals surface area contributed by atoms with Crippen LogP contribution in [0.3, 0.4) is 0 Å². The van der Waals surface area contributed by atoms with Crippen LogP contribution in [0, 0.1) is 11.7 Å². The molecule has 1 aromatic rings. The molecule has 0 aliphatic rings. The summed E-state index contributed by atoms with van der Waals surface area (Å²) in [5, 5.41) is 0. The quantitative estimate of drug-likeness (QED) is 0.667. The van der Waals surface area contributed by atoms with Crippen LogP contribution in [0.4, 0.5) is 4.39 Å². The zero-order valence-corrected chi connectivity index (χ0v) is 12.2. The van der Waals surface area contributed by atoms with Gasteiger partial charge in [-0.05, 0) is 63.2 Å². The summed E-state index contributed by atoms with van der Waals surface area (Å²) in [5.74, 6) is 0.505. The summed E-state index contributed by atoms with van der Waals surface area (Å²) in [7, 11) is 2.09. The maximum Gasteiger partial charge on any atom is 0.162 e. The zero-order chi connectivity index (χ0) is 14.3. The Labute approximate surface area is 115 Å². The molecule has 3 heteroatoms. The summed E-state index contributed by atoms with van der Waals surface area (Å²) >= 11 is 0. The average molecular weight is 265 g/mol. The second-order valence-corrected chi connectivity index (χ2v) is 5.52. The Hall–Kier alpha value is -1.22. The number of carbonyl (C=O) groups is 1. The highest BCUT2D eigenvalue weighted by molar-refractivity contribution is 5.95. The highest BCUT2D eigenvalue weighted by Crippen LogP contribution is 2.08. The van der Waals surface area contributed by atoms with Crippen LogP contribution in [-0.2, 0) is 0 Å². The van der Waals surface area contributed by atoms with Crippen molar-refractivity contribution in [1.82, 2.24) is 4.90 Å². The number of ketones is 1. The van der Waals surface area contributed by atoms with E-state index in [9.17, 15) is 9.18 Å². The van der Waals surface area contributed by atoms with Gasteiger partial charge >= 0.3 is 0 Å². The molecule has 0 unspecified atom stereocenters. The van der Waals surface area contributed by atoms with Crippen molar-refractivity contribution in [2.75, 3.05) is 20.1 Å². The third-order valence-electron chi connectivity index (χ3n) is 3.20. The van der Waals surface area contributed by atoms with Crippen molar-refractivity contribution in [3.63, 3.8) is 0 Å². The lowest BCUT2D eigenvalue weighted by atomic mass is 10.1. The van der Waals surface area contributed by atoms with E-state index in [1.165, 1.54) is 18.6 Å². The Bertz CT molecular complexity index is 386. The van der Waals surface area contributed by atoms with E-state index in [0.29, 0.717) is 17.9 Å². The first-order valence-electron chi connectivity index (χ1n) is 6.96. The summed E-state index contributed by atoms with van der Waals surface area (Å²) in [6, 6.07) is 5.78. The third kappa shape index (κ3) is 6.48. The molecule has 0 spiro atoms. The van der Waals surface area contributed by atoms with Crippen LogP contribution >= 0.6 is 0 Å². The Kier molecular flexibility index (Phi) is 6.71. The number of hydrogen-bond donors (Lipinski definition) is 0. The summed E-state index contributed by atoms with van der Waals surface area (Å²) in [6.45, 7) is 6.43. The first-order chi connectivity index (χ1) is 8.99. The molecule has 0 aromatic heterocycles. The number of Topliss-reactive ketones (excluding diaryl/α,β-unsaturated/α-hetero) is 1. The third-order valence-corrected chi connectivity index (χ3v) is 3.20. The fraction of sp³-hybridized carbons (Fsp3) is 0.562. The molecule has 1 aromatic carbocycles. The van der Waals surface area contributed by atoms with Gasteiger partial charge in [-0.1, -0.05) is 13.8 Å². The molecule has 106 valence electrons. The van der Waals surface area contributed by atoms with E-state index in [2.05, 4.69) is 25.8 Å². The van der Waals surface area contributed by atoms with E-state index in [1.54, 1.807) is 12.1 Å². The van der Waals surface area contributed by atoms with Gasteiger partial charge in [0.1, 0.15) is 5.82 Å². The van der Waals surface area contributed by atoms with Gasteiger partial charge in [0, 0.05) is 12.0 Å². The Morgan fingerprint density at radius 1 is 1.21 bits per heavy atom. The smallest absolute Gasteiger partial charge is 0.162 e. The SMILES string of the molecule is CC(C)CCN(C)CCCC(=O)c1ccc(F)cc1. The van der Waals surface area contributed by atoms with Gasteiger partial charge in [0.15, 0.2) is 5.78 Å². The zero-order valence-electron chi connectivity index (χ0n) is 12.2. The Morgan fingerprint density at radius 3 is 2.42 bits per heavy atom. The molecule has 0 atom stereocenters. The van der Waals surface area contributed by atoms with E-state index >= 15 is 0 Å². The number of rotatable bonds is 8. The van der Waals surface area contributed by atoms with Gasteiger partial charge in [-0.3, -0.25) is 4.79 Å². The van der Waals surface area contributed by atoms with Crippen molar-refractivity contribution in [3.8, 4) is 0 Å². The largest absolute Gasteiger partial charge is 0.306 e. The minimum atomic E-state index is -0.301. The van der Waals surface area contributed by atoms with Crippen molar-refractivity contribution in [2.45, 2.75) is 33.1 Å². The Balaban J connectivity index is 2.25. The molecule has 0 aliphatic carbocycles. The summed E-state index contributed by atoms with van der Waals surface area (Å²) < 4.78 is 12.7. The van der Waals surface area contributed by atoms with Gasteiger partial charge in [0.2, 0.25) is 0 Å². The fourth-order valence-corrected chi connectivity index (χ4v) is 1.88. The molecule has 0 fully saturated rings. The number of carbonyl (C=O) groups excluding carboxylic acids is 1. The Morgan fingerprint density at radius 2 is 1.84 bits per heavy atom. The van der Waals surface area contributed by atoms with Crippen molar-refractivity contribution in [3.05, 3.63) is 35.6 Å². The van der Waals surface area contributed by atoms with Crippen LogP contribution in [-0.4, -0.2) is 30.8 Å². The lowest BCUT2D eigenvalue weighted by molar-refractivity contribution is 0.0976. The molecule has 0 saturated heterocycles. The van der Waals surface area contributed by atoms with Gasteiger partial charge in [-0.25, -0.2) is 4.39 Å². The number of halogens is 1. The van der Waals surface area contributed by atoms with E-state index in [-0.39, 0.29) is 11.6 Å². The molecule has 0 aliphatic heterocycles. The van der Waals surface area contributed by atoms with Crippen LogP contribution in [0.2, 0.25) is 0 Å². The maximum atomic E-state index is 12.7. The molecule has 0 N–H and O–H groups in total.